The zero-order valence-corrected chi connectivity index (χ0v) is 8.33. The Morgan fingerprint density at radius 3 is 2.46 bits per heavy atom. The molecule has 72 valence electrons. The summed E-state index contributed by atoms with van der Waals surface area (Å²) in [4.78, 5) is 0. The Morgan fingerprint density at radius 2 is 1.92 bits per heavy atom. The van der Waals surface area contributed by atoms with Crippen LogP contribution in [0.4, 0.5) is 0 Å². The van der Waals surface area contributed by atoms with Crippen LogP contribution in [0.3, 0.4) is 0 Å². The van der Waals surface area contributed by atoms with Gasteiger partial charge in [0.15, 0.2) is 0 Å². The fourth-order valence-corrected chi connectivity index (χ4v) is 1.82. The van der Waals surface area contributed by atoms with Gasteiger partial charge >= 0.3 is 0 Å². The summed E-state index contributed by atoms with van der Waals surface area (Å²) in [5, 5.41) is 1.94. The number of hydrazine groups is 1. The number of nitrogens with two attached hydrogens (primary N) is 1. The first-order chi connectivity index (χ1) is 5.88. The van der Waals surface area contributed by atoms with Gasteiger partial charge in [0.1, 0.15) is 0 Å². The quantitative estimate of drug-likeness (QED) is 0.701. The van der Waals surface area contributed by atoms with Crippen molar-refractivity contribution in [1.82, 2.24) is 5.01 Å². The molecule has 0 saturated carbocycles. The molecule has 13 heavy (non-hydrogen) atoms. The molecule has 1 atom stereocenters. The van der Waals surface area contributed by atoms with Crippen LogP contribution in [-0.4, -0.2) is 11.6 Å². The second-order valence-electron chi connectivity index (χ2n) is 3.31. The highest BCUT2D eigenvalue weighted by Crippen LogP contribution is 2.28. The molecule has 0 aliphatic carbocycles. The van der Waals surface area contributed by atoms with Gasteiger partial charge in [0, 0.05) is 12.6 Å². The SMILES string of the molecule is Cl.NN1CCCC1c1ccccc1. The monoisotopic (exact) mass is 198 g/mol. The average molecular weight is 199 g/mol. The first-order valence-electron chi connectivity index (χ1n) is 4.44. The Hall–Kier alpha value is -0.570. The van der Waals surface area contributed by atoms with Crippen LogP contribution in [0.15, 0.2) is 30.3 Å². The molecule has 0 radical (unpaired) electrons. The van der Waals surface area contributed by atoms with Gasteiger partial charge in [-0.05, 0) is 18.4 Å². The lowest BCUT2D eigenvalue weighted by Crippen LogP contribution is -2.29. The van der Waals surface area contributed by atoms with Crippen LogP contribution in [0.5, 0.6) is 0 Å². The molecule has 0 bridgehead atoms. The average Bonchev–Trinajstić information content (AvgIpc) is 2.53. The third-order valence-electron chi connectivity index (χ3n) is 2.48. The van der Waals surface area contributed by atoms with E-state index in [-0.39, 0.29) is 12.4 Å². The van der Waals surface area contributed by atoms with Crippen LogP contribution in [0.1, 0.15) is 24.4 Å². The summed E-state index contributed by atoms with van der Waals surface area (Å²) in [5.41, 5.74) is 1.34. The molecule has 1 aliphatic rings. The summed E-state index contributed by atoms with van der Waals surface area (Å²) in [6.45, 7) is 1.03. The molecule has 0 spiro atoms. The van der Waals surface area contributed by atoms with Gasteiger partial charge in [-0.1, -0.05) is 30.3 Å². The lowest BCUT2D eigenvalue weighted by molar-refractivity contribution is 0.266. The molecule has 0 amide bonds. The van der Waals surface area contributed by atoms with E-state index in [0.29, 0.717) is 6.04 Å². The van der Waals surface area contributed by atoms with Crippen LogP contribution in [0, 0.1) is 0 Å². The Labute approximate surface area is 85.1 Å². The maximum Gasteiger partial charge on any atom is 0.0491 e. The van der Waals surface area contributed by atoms with E-state index >= 15 is 0 Å². The molecule has 1 aromatic rings. The summed E-state index contributed by atoms with van der Waals surface area (Å²) in [7, 11) is 0. The van der Waals surface area contributed by atoms with Crippen molar-refractivity contribution in [3.05, 3.63) is 35.9 Å². The van der Waals surface area contributed by atoms with E-state index in [1.54, 1.807) is 0 Å². The molecule has 0 aromatic heterocycles. The zero-order valence-electron chi connectivity index (χ0n) is 7.52. The standard InChI is InChI=1S/C10H14N2.ClH/c11-12-8-4-7-10(12)9-5-2-1-3-6-9;/h1-3,5-6,10H,4,7-8,11H2;1H. The number of halogens is 1. The Kier molecular flexibility index (Phi) is 3.72. The van der Waals surface area contributed by atoms with Crippen molar-refractivity contribution >= 4 is 12.4 Å². The van der Waals surface area contributed by atoms with Crippen molar-refractivity contribution < 1.29 is 0 Å². The molecule has 1 saturated heterocycles. The first-order valence-corrected chi connectivity index (χ1v) is 4.44. The number of benzene rings is 1. The number of rotatable bonds is 1. The summed E-state index contributed by atoms with van der Waals surface area (Å²) >= 11 is 0. The molecule has 1 unspecified atom stereocenters. The molecule has 1 heterocycles. The van der Waals surface area contributed by atoms with E-state index in [0.717, 1.165) is 6.54 Å². The fraction of sp³-hybridized carbons (Fsp3) is 0.400. The smallest absolute Gasteiger partial charge is 0.0491 e. The Morgan fingerprint density at radius 1 is 1.23 bits per heavy atom. The van der Waals surface area contributed by atoms with Gasteiger partial charge in [-0.15, -0.1) is 12.4 Å². The van der Waals surface area contributed by atoms with Gasteiger partial charge in [0.2, 0.25) is 0 Å². The number of hydrogen-bond donors (Lipinski definition) is 1. The normalized spacial score (nSPS) is 22.7. The molecule has 1 aliphatic heterocycles. The van der Waals surface area contributed by atoms with Crippen LogP contribution in [0.25, 0.3) is 0 Å². The predicted molar refractivity (Wildman–Crippen MR) is 56.6 cm³/mol. The Balaban J connectivity index is 0.000000845. The van der Waals surface area contributed by atoms with E-state index < -0.39 is 0 Å². The number of hydrogen-bond acceptors (Lipinski definition) is 2. The minimum absolute atomic E-state index is 0. The van der Waals surface area contributed by atoms with Crippen molar-refractivity contribution in [2.75, 3.05) is 6.54 Å². The highest BCUT2D eigenvalue weighted by Gasteiger charge is 2.22. The third kappa shape index (κ3) is 2.21. The van der Waals surface area contributed by atoms with Crippen molar-refractivity contribution in [3.63, 3.8) is 0 Å². The predicted octanol–water partition coefficient (Wildman–Crippen LogP) is 2.12. The fourth-order valence-electron chi connectivity index (χ4n) is 1.82. The second-order valence-corrected chi connectivity index (χ2v) is 3.31. The minimum Gasteiger partial charge on any atom is -0.268 e. The molecule has 2 N–H and O–H groups in total. The van der Waals surface area contributed by atoms with Crippen molar-refractivity contribution in [3.8, 4) is 0 Å². The van der Waals surface area contributed by atoms with Gasteiger partial charge < -0.3 is 0 Å². The first kappa shape index (κ1) is 10.5. The van der Waals surface area contributed by atoms with E-state index in [1.807, 2.05) is 11.1 Å². The van der Waals surface area contributed by atoms with E-state index in [2.05, 4.69) is 24.3 Å². The summed E-state index contributed by atoms with van der Waals surface area (Å²) < 4.78 is 0. The van der Waals surface area contributed by atoms with Crippen LogP contribution < -0.4 is 5.84 Å². The Bertz CT molecular complexity index is 250. The van der Waals surface area contributed by atoms with Crippen LogP contribution in [-0.2, 0) is 0 Å². The molecular weight excluding hydrogens is 184 g/mol. The van der Waals surface area contributed by atoms with E-state index in [1.165, 1.54) is 18.4 Å². The lowest BCUT2D eigenvalue weighted by Gasteiger charge is -2.18. The van der Waals surface area contributed by atoms with Gasteiger partial charge in [0.25, 0.3) is 0 Å². The number of nitrogens with zero attached hydrogens (tertiary/aromatic N) is 1. The molecule has 3 heteroatoms. The largest absolute Gasteiger partial charge is 0.268 e. The maximum absolute atomic E-state index is 5.84. The second kappa shape index (κ2) is 4.61. The zero-order chi connectivity index (χ0) is 8.39. The third-order valence-corrected chi connectivity index (χ3v) is 2.48. The van der Waals surface area contributed by atoms with E-state index in [9.17, 15) is 0 Å². The van der Waals surface area contributed by atoms with Gasteiger partial charge in [0.05, 0.1) is 0 Å². The highest BCUT2D eigenvalue weighted by atomic mass is 35.5. The maximum atomic E-state index is 5.84. The summed E-state index contributed by atoms with van der Waals surface area (Å²) in [6, 6.07) is 10.9. The van der Waals surface area contributed by atoms with Crippen LogP contribution >= 0.6 is 12.4 Å². The van der Waals surface area contributed by atoms with Crippen molar-refractivity contribution in [2.24, 2.45) is 5.84 Å². The topological polar surface area (TPSA) is 29.3 Å². The minimum atomic E-state index is 0. The molecule has 1 aromatic carbocycles. The molecule has 1 fully saturated rings. The lowest BCUT2D eigenvalue weighted by atomic mass is 10.1. The van der Waals surface area contributed by atoms with E-state index in [4.69, 9.17) is 5.84 Å². The van der Waals surface area contributed by atoms with Crippen molar-refractivity contribution in [2.45, 2.75) is 18.9 Å². The molecule has 2 rings (SSSR count). The van der Waals surface area contributed by atoms with Crippen LogP contribution in [0.2, 0.25) is 0 Å². The molecule has 2 nitrogen and oxygen atoms in total. The highest BCUT2D eigenvalue weighted by molar-refractivity contribution is 5.85. The van der Waals surface area contributed by atoms with Gasteiger partial charge in [-0.2, -0.15) is 0 Å². The van der Waals surface area contributed by atoms with Crippen molar-refractivity contribution in [1.29, 1.82) is 0 Å². The summed E-state index contributed by atoms with van der Waals surface area (Å²) in [5.74, 6) is 5.84. The summed E-state index contributed by atoms with van der Waals surface area (Å²) in [6.07, 6.45) is 2.41. The van der Waals surface area contributed by atoms with Gasteiger partial charge in [-0.3, -0.25) is 5.84 Å². The van der Waals surface area contributed by atoms with Gasteiger partial charge in [-0.25, -0.2) is 5.01 Å². The molecular formula is C10H15ClN2.